The fraction of sp³-hybridized carbons (Fsp3) is 0.118. The highest BCUT2D eigenvalue weighted by Gasteiger charge is 2.11. The largest absolute Gasteiger partial charge is 0.497 e. The molecule has 0 spiro atoms. The average Bonchev–Trinajstić information content (AvgIpc) is 3.04. The van der Waals surface area contributed by atoms with E-state index in [9.17, 15) is 4.79 Å². The van der Waals surface area contributed by atoms with E-state index in [0.29, 0.717) is 17.3 Å². The number of carbonyl (C=O) groups is 1. The summed E-state index contributed by atoms with van der Waals surface area (Å²) in [5.41, 5.74) is 1.43. The second-order valence-corrected chi connectivity index (χ2v) is 4.85. The van der Waals surface area contributed by atoms with Crippen LogP contribution in [0.1, 0.15) is 5.69 Å². The van der Waals surface area contributed by atoms with Gasteiger partial charge in [-0.3, -0.25) is 4.79 Å². The van der Waals surface area contributed by atoms with E-state index in [4.69, 9.17) is 9.26 Å². The third-order valence-corrected chi connectivity index (χ3v) is 3.21. The number of amides is 1. The monoisotopic (exact) mass is 309 g/mol. The highest BCUT2D eigenvalue weighted by molar-refractivity contribution is 5.91. The van der Waals surface area contributed by atoms with Gasteiger partial charge >= 0.3 is 0 Å². The zero-order valence-corrected chi connectivity index (χ0v) is 12.5. The lowest BCUT2D eigenvalue weighted by molar-refractivity contribution is -0.115. The number of ether oxygens (including phenoxy) is 1. The Bertz CT molecular complexity index is 782. The molecule has 0 saturated carbocycles. The molecule has 3 aromatic rings. The first-order chi connectivity index (χ1) is 11.2. The van der Waals surface area contributed by atoms with Crippen LogP contribution in [0.25, 0.3) is 11.3 Å². The van der Waals surface area contributed by atoms with Crippen LogP contribution in [0.4, 0.5) is 5.82 Å². The molecule has 0 saturated heterocycles. The number of nitrogens with zero attached hydrogens (tertiary/aromatic N) is 2. The predicted octanol–water partition coefficient (Wildman–Crippen LogP) is 2.93. The maximum atomic E-state index is 12.0. The van der Waals surface area contributed by atoms with Crippen molar-refractivity contribution in [2.45, 2.75) is 6.42 Å². The maximum Gasteiger partial charge on any atom is 0.231 e. The van der Waals surface area contributed by atoms with Crippen molar-refractivity contribution in [3.8, 4) is 17.1 Å². The lowest BCUT2D eigenvalue weighted by Crippen LogP contribution is -2.15. The van der Waals surface area contributed by atoms with Gasteiger partial charge in [0.1, 0.15) is 11.6 Å². The van der Waals surface area contributed by atoms with Crippen LogP contribution >= 0.6 is 0 Å². The summed E-state index contributed by atoms with van der Waals surface area (Å²) in [6, 6.07) is 14.5. The molecule has 2 heterocycles. The van der Waals surface area contributed by atoms with Gasteiger partial charge < -0.3 is 14.6 Å². The van der Waals surface area contributed by atoms with Crippen molar-refractivity contribution in [2.24, 2.45) is 0 Å². The molecule has 0 atom stereocenters. The third kappa shape index (κ3) is 3.74. The lowest BCUT2D eigenvalue weighted by Gasteiger charge is -2.01. The quantitative estimate of drug-likeness (QED) is 0.784. The predicted molar refractivity (Wildman–Crippen MR) is 85.1 cm³/mol. The summed E-state index contributed by atoms with van der Waals surface area (Å²) in [5, 5.41) is 6.64. The van der Waals surface area contributed by atoms with Crippen LogP contribution in [0.15, 0.2) is 59.3 Å². The lowest BCUT2D eigenvalue weighted by atomic mass is 10.1. The van der Waals surface area contributed by atoms with Gasteiger partial charge in [-0.25, -0.2) is 4.98 Å². The van der Waals surface area contributed by atoms with E-state index in [0.717, 1.165) is 11.3 Å². The third-order valence-electron chi connectivity index (χ3n) is 3.21. The van der Waals surface area contributed by atoms with E-state index in [-0.39, 0.29) is 12.3 Å². The molecule has 0 aliphatic heterocycles. The molecule has 0 unspecified atom stereocenters. The van der Waals surface area contributed by atoms with Crippen LogP contribution in [-0.2, 0) is 11.2 Å². The van der Waals surface area contributed by atoms with Crippen LogP contribution in [0.3, 0.4) is 0 Å². The smallest absolute Gasteiger partial charge is 0.231 e. The second kappa shape index (κ2) is 6.74. The van der Waals surface area contributed by atoms with Gasteiger partial charge in [-0.2, -0.15) is 0 Å². The van der Waals surface area contributed by atoms with Crippen LogP contribution in [0, 0.1) is 0 Å². The first-order valence-electron chi connectivity index (χ1n) is 7.05. The molecule has 6 nitrogen and oxygen atoms in total. The summed E-state index contributed by atoms with van der Waals surface area (Å²) in [6.45, 7) is 0. The number of methoxy groups -OCH3 is 1. The van der Waals surface area contributed by atoms with Gasteiger partial charge in [-0.15, -0.1) is 0 Å². The molecule has 0 aliphatic carbocycles. The summed E-state index contributed by atoms with van der Waals surface area (Å²) in [6.07, 6.45) is 1.74. The van der Waals surface area contributed by atoms with Crippen molar-refractivity contribution in [3.63, 3.8) is 0 Å². The molecule has 0 radical (unpaired) electrons. The number of aromatic nitrogens is 2. The molecule has 0 bridgehead atoms. The molecule has 2 aromatic heterocycles. The van der Waals surface area contributed by atoms with Crippen molar-refractivity contribution in [1.82, 2.24) is 10.1 Å². The molecule has 1 N–H and O–H groups in total. The van der Waals surface area contributed by atoms with Crippen molar-refractivity contribution in [2.75, 3.05) is 12.4 Å². The van der Waals surface area contributed by atoms with Crippen LogP contribution in [0.2, 0.25) is 0 Å². The molecule has 6 heteroatoms. The highest BCUT2D eigenvalue weighted by atomic mass is 16.5. The number of pyridine rings is 1. The molecule has 3 rings (SSSR count). The van der Waals surface area contributed by atoms with E-state index >= 15 is 0 Å². The van der Waals surface area contributed by atoms with E-state index < -0.39 is 0 Å². The maximum absolute atomic E-state index is 12.0. The van der Waals surface area contributed by atoms with E-state index in [1.807, 2.05) is 24.3 Å². The minimum absolute atomic E-state index is 0.121. The van der Waals surface area contributed by atoms with Crippen LogP contribution in [0.5, 0.6) is 5.75 Å². The van der Waals surface area contributed by atoms with Gasteiger partial charge in [-0.05, 0) is 36.4 Å². The van der Waals surface area contributed by atoms with Gasteiger partial charge in [0, 0.05) is 17.8 Å². The van der Waals surface area contributed by atoms with Crippen molar-refractivity contribution < 1.29 is 14.1 Å². The van der Waals surface area contributed by atoms with Crippen molar-refractivity contribution in [3.05, 3.63) is 60.4 Å². The van der Waals surface area contributed by atoms with Gasteiger partial charge in [0.15, 0.2) is 5.76 Å². The molecule has 0 aliphatic rings. The Morgan fingerprint density at radius 3 is 2.74 bits per heavy atom. The number of carbonyl (C=O) groups excluding carboxylic acids is 1. The number of hydrogen-bond acceptors (Lipinski definition) is 5. The Kier molecular flexibility index (Phi) is 4.33. The molecular formula is C17H15N3O3. The first kappa shape index (κ1) is 14.8. The number of nitrogens with one attached hydrogen (secondary N) is 1. The van der Waals surface area contributed by atoms with E-state index in [2.05, 4.69) is 15.5 Å². The summed E-state index contributed by atoms with van der Waals surface area (Å²) in [4.78, 5) is 16.0. The van der Waals surface area contributed by atoms with Crippen LogP contribution in [-0.4, -0.2) is 23.2 Å². The molecule has 0 fully saturated rings. The second-order valence-electron chi connectivity index (χ2n) is 4.85. The van der Waals surface area contributed by atoms with Gasteiger partial charge in [0.2, 0.25) is 5.91 Å². The summed E-state index contributed by atoms with van der Waals surface area (Å²) < 4.78 is 10.4. The number of hydrogen-bond donors (Lipinski definition) is 1. The Labute approximate surface area is 133 Å². The summed E-state index contributed by atoms with van der Waals surface area (Å²) in [7, 11) is 1.61. The Morgan fingerprint density at radius 1 is 1.22 bits per heavy atom. The van der Waals surface area contributed by atoms with Gasteiger partial charge in [0.25, 0.3) is 0 Å². The first-order valence-corrected chi connectivity index (χ1v) is 7.05. The van der Waals surface area contributed by atoms with Gasteiger partial charge in [-0.1, -0.05) is 11.2 Å². The van der Waals surface area contributed by atoms with Gasteiger partial charge in [0.05, 0.1) is 19.2 Å². The average molecular weight is 309 g/mol. The summed E-state index contributed by atoms with van der Waals surface area (Å²) in [5.74, 6) is 1.69. The van der Waals surface area contributed by atoms with E-state index in [1.54, 1.807) is 37.6 Å². The minimum atomic E-state index is -0.196. The zero-order valence-electron chi connectivity index (χ0n) is 12.5. The fourth-order valence-electron chi connectivity index (χ4n) is 2.07. The molecular weight excluding hydrogens is 294 g/mol. The summed E-state index contributed by atoms with van der Waals surface area (Å²) >= 11 is 0. The zero-order chi connectivity index (χ0) is 16.1. The Balaban J connectivity index is 1.65. The Hall–Kier alpha value is -3.15. The Morgan fingerprint density at radius 2 is 2.04 bits per heavy atom. The normalized spacial score (nSPS) is 10.3. The van der Waals surface area contributed by atoms with E-state index in [1.165, 1.54) is 0 Å². The molecule has 1 aromatic carbocycles. The number of rotatable bonds is 5. The minimum Gasteiger partial charge on any atom is -0.497 e. The molecule has 1 amide bonds. The molecule has 23 heavy (non-hydrogen) atoms. The topological polar surface area (TPSA) is 77.2 Å². The number of anilines is 1. The van der Waals surface area contributed by atoms with Crippen molar-refractivity contribution in [1.29, 1.82) is 0 Å². The van der Waals surface area contributed by atoms with Crippen molar-refractivity contribution >= 4 is 11.7 Å². The molecule has 116 valence electrons. The standard InChI is InChI=1S/C17H15N3O3/c1-22-14-7-5-12(6-8-14)15-10-13(20-23-15)11-17(21)19-16-4-2-3-9-18-16/h2-10H,11H2,1H3,(H,18,19,21). The number of benzene rings is 1. The highest BCUT2D eigenvalue weighted by Crippen LogP contribution is 2.23. The van der Waals surface area contributed by atoms with Crippen LogP contribution < -0.4 is 10.1 Å². The SMILES string of the molecule is COc1ccc(-c2cc(CC(=O)Nc3ccccn3)no2)cc1. The fourth-order valence-corrected chi connectivity index (χ4v) is 2.07.